The van der Waals surface area contributed by atoms with Crippen LogP contribution >= 0.6 is 0 Å². The van der Waals surface area contributed by atoms with Gasteiger partial charge in [-0.25, -0.2) is 4.98 Å². The normalized spacial score (nSPS) is 11.3. The van der Waals surface area contributed by atoms with Crippen LogP contribution in [0.2, 0.25) is 0 Å². The predicted molar refractivity (Wildman–Crippen MR) is 114 cm³/mol. The second-order valence-electron chi connectivity index (χ2n) is 7.69. The van der Waals surface area contributed by atoms with E-state index in [-0.39, 0.29) is 5.41 Å². The topological polar surface area (TPSA) is 41.1 Å². The molecule has 0 saturated heterocycles. The number of nitrogens with one attached hydrogen (secondary N) is 1. The molecule has 0 aliphatic carbocycles. The lowest BCUT2D eigenvalue weighted by Crippen LogP contribution is -2.23. The number of hydrogen-bond donors (Lipinski definition) is 1. The molecule has 0 unspecified atom stereocenters. The number of nitrogens with zero attached hydrogens (tertiary/aromatic N) is 3. The molecule has 1 heterocycles. The lowest BCUT2D eigenvalue weighted by atomic mass is 9.87. The van der Waals surface area contributed by atoms with Gasteiger partial charge in [0.2, 0.25) is 5.95 Å². The van der Waals surface area contributed by atoms with Crippen molar-refractivity contribution < 1.29 is 0 Å². The molecule has 27 heavy (non-hydrogen) atoms. The first-order valence-electron chi connectivity index (χ1n) is 9.45. The summed E-state index contributed by atoms with van der Waals surface area (Å²) in [5, 5.41) is 3.32. The third kappa shape index (κ3) is 5.07. The van der Waals surface area contributed by atoms with E-state index in [4.69, 9.17) is 4.98 Å². The minimum absolute atomic E-state index is 0.147. The molecule has 0 radical (unpaired) electrons. The van der Waals surface area contributed by atoms with Gasteiger partial charge in [0.25, 0.3) is 0 Å². The van der Waals surface area contributed by atoms with Gasteiger partial charge in [0.1, 0.15) is 5.82 Å². The molecule has 1 aromatic heterocycles. The maximum atomic E-state index is 4.71. The van der Waals surface area contributed by atoms with Gasteiger partial charge < -0.3 is 10.2 Å². The van der Waals surface area contributed by atoms with Gasteiger partial charge in [0, 0.05) is 25.0 Å². The fourth-order valence-electron chi connectivity index (χ4n) is 2.93. The number of benzene rings is 2. The highest BCUT2D eigenvalue weighted by molar-refractivity contribution is 5.56. The molecule has 0 saturated carbocycles. The van der Waals surface area contributed by atoms with Crippen molar-refractivity contribution in [3.8, 4) is 0 Å². The van der Waals surface area contributed by atoms with Gasteiger partial charge in [0.05, 0.1) is 0 Å². The summed E-state index contributed by atoms with van der Waals surface area (Å²) in [7, 11) is 0. The van der Waals surface area contributed by atoms with Gasteiger partial charge in [-0.2, -0.15) is 4.98 Å². The average Bonchev–Trinajstić information content (AvgIpc) is 2.67. The summed E-state index contributed by atoms with van der Waals surface area (Å²) in [6.45, 7) is 10.5. The SMILES string of the molecule is CCN(Cc1ccccc1)c1ccnc(Nc2ccc(C(C)(C)C)cc2)n1. The zero-order valence-electron chi connectivity index (χ0n) is 16.6. The Morgan fingerprint density at radius 2 is 1.63 bits per heavy atom. The Balaban J connectivity index is 1.74. The van der Waals surface area contributed by atoms with Crippen molar-refractivity contribution in [1.82, 2.24) is 9.97 Å². The molecule has 140 valence electrons. The molecular formula is C23H28N4. The van der Waals surface area contributed by atoms with Gasteiger partial charge in [-0.1, -0.05) is 63.2 Å². The number of hydrogen-bond acceptors (Lipinski definition) is 4. The summed E-state index contributed by atoms with van der Waals surface area (Å²) in [6, 6.07) is 20.9. The van der Waals surface area contributed by atoms with Crippen LogP contribution in [0.1, 0.15) is 38.8 Å². The van der Waals surface area contributed by atoms with Gasteiger partial charge in [-0.15, -0.1) is 0 Å². The van der Waals surface area contributed by atoms with Crippen molar-refractivity contribution in [3.05, 3.63) is 78.0 Å². The van der Waals surface area contributed by atoms with Crippen LogP contribution in [0.15, 0.2) is 66.9 Å². The largest absolute Gasteiger partial charge is 0.352 e. The summed E-state index contributed by atoms with van der Waals surface area (Å²) < 4.78 is 0. The Kier molecular flexibility index (Phi) is 5.75. The highest BCUT2D eigenvalue weighted by atomic mass is 15.2. The first-order valence-corrected chi connectivity index (χ1v) is 9.45. The van der Waals surface area contributed by atoms with E-state index in [2.05, 4.69) is 91.4 Å². The maximum absolute atomic E-state index is 4.71. The van der Waals surface area contributed by atoms with Crippen molar-refractivity contribution in [2.24, 2.45) is 0 Å². The van der Waals surface area contributed by atoms with E-state index < -0.39 is 0 Å². The fourth-order valence-corrected chi connectivity index (χ4v) is 2.93. The molecular weight excluding hydrogens is 332 g/mol. The molecule has 0 spiro atoms. The summed E-state index contributed by atoms with van der Waals surface area (Å²) in [5.41, 5.74) is 3.72. The smallest absolute Gasteiger partial charge is 0.229 e. The maximum Gasteiger partial charge on any atom is 0.229 e. The molecule has 1 N–H and O–H groups in total. The molecule has 0 fully saturated rings. The van der Waals surface area contributed by atoms with Gasteiger partial charge in [-0.3, -0.25) is 0 Å². The molecule has 3 aromatic rings. The average molecular weight is 361 g/mol. The summed E-state index contributed by atoms with van der Waals surface area (Å²) >= 11 is 0. The molecule has 4 nitrogen and oxygen atoms in total. The molecule has 2 aromatic carbocycles. The Morgan fingerprint density at radius 1 is 0.926 bits per heavy atom. The lowest BCUT2D eigenvalue weighted by molar-refractivity contribution is 0.590. The summed E-state index contributed by atoms with van der Waals surface area (Å²) in [4.78, 5) is 11.3. The highest BCUT2D eigenvalue weighted by Crippen LogP contribution is 2.24. The van der Waals surface area contributed by atoms with Crippen LogP contribution in [-0.4, -0.2) is 16.5 Å². The first-order chi connectivity index (χ1) is 13.0. The molecule has 0 aliphatic rings. The monoisotopic (exact) mass is 360 g/mol. The van der Waals surface area contributed by atoms with Crippen LogP contribution in [0.5, 0.6) is 0 Å². The second-order valence-corrected chi connectivity index (χ2v) is 7.69. The zero-order chi connectivity index (χ0) is 19.3. The molecule has 3 rings (SSSR count). The van der Waals surface area contributed by atoms with Crippen LogP contribution in [0, 0.1) is 0 Å². The first kappa shape index (κ1) is 18.9. The minimum atomic E-state index is 0.147. The third-order valence-electron chi connectivity index (χ3n) is 4.57. The second kappa shape index (κ2) is 8.21. The van der Waals surface area contributed by atoms with E-state index in [1.54, 1.807) is 0 Å². The summed E-state index contributed by atoms with van der Waals surface area (Å²) in [6.07, 6.45) is 1.81. The van der Waals surface area contributed by atoms with Gasteiger partial charge >= 0.3 is 0 Å². The quantitative estimate of drug-likeness (QED) is 0.626. The van der Waals surface area contributed by atoms with Crippen LogP contribution in [0.3, 0.4) is 0 Å². The van der Waals surface area contributed by atoms with E-state index >= 15 is 0 Å². The molecule has 4 heteroatoms. The Hall–Kier alpha value is -2.88. The Labute approximate surface area is 162 Å². The van der Waals surface area contributed by atoms with Crippen LogP contribution in [0.4, 0.5) is 17.5 Å². The number of aromatic nitrogens is 2. The molecule has 0 aliphatic heterocycles. The summed E-state index contributed by atoms with van der Waals surface area (Å²) in [5.74, 6) is 1.53. The lowest BCUT2D eigenvalue weighted by Gasteiger charge is -2.22. The third-order valence-corrected chi connectivity index (χ3v) is 4.57. The Morgan fingerprint density at radius 3 is 2.26 bits per heavy atom. The van der Waals surface area contributed by atoms with Crippen molar-refractivity contribution in [2.75, 3.05) is 16.8 Å². The van der Waals surface area contributed by atoms with Crippen molar-refractivity contribution in [3.63, 3.8) is 0 Å². The van der Waals surface area contributed by atoms with E-state index in [1.165, 1.54) is 11.1 Å². The number of anilines is 3. The van der Waals surface area contributed by atoms with Crippen molar-refractivity contribution in [2.45, 2.75) is 39.7 Å². The van der Waals surface area contributed by atoms with Gasteiger partial charge in [-0.05, 0) is 41.7 Å². The van der Waals surface area contributed by atoms with E-state index in [0.717, 1.165) is 24.6 Å². The highest BCUT2D eigenvalue weighted by Gasteiger charge is 2.13. The minimum Gasteiger partial charge on any atom is -0.352 e. The van der Waals surface area contributed by atoms with Crippen LogP contribution in [-0.2, 0) is 12.0 Å². The molecule has 0 atom stereocenters. The standard InChI is InChI=1S/C23H28N4/c1-5-27(17-18-9-7-6-8-10-18)21-15-16-24-22(26-21)25-20-13-11-19(12-14-20)23(2,3)4/h6-16H,5,17H2,1-4H3,(H,24,25,26). The predicted octanol–water partition coefficient (Wildman–Crippen LogP) is 5.54. The fraction of sp³-hybridized carbons (Fsp3) is 0.304. The van der Waals surface area contributed by atoms with E-state index in [9.17, 15) is 0 Å². The van der Waals surface area contributed by atoms with E-state index in [0.29, 0.717) is 5.95 Å². The number of rotatable bonds is 6. The van der Waals surface area contributed by atoms with E-state index in [1.807, 2.05) is 18.3 Å². The van der Waals surface area contributed by atoms with Crippen molar-refractivity contribution in [1.29, 1.82) is 0 Å². The molecule has 0 bridgehead atoms. The molecule has 0 amide bonds. The van der Waals surface area contributed by atoms with Gasteiger partial charge in [0.15, 0.2) is 0 Å². The zero-order valence-corrected chi connectivity index (χ0v) is 16.6. The van der Waals surface area contributed by atoms with Crippen LogP contribution < -0.4 is 10.2 Å². The Bertz CT molecular complexity index is 852. The van der Waals surface area contributed by atoms with Crippen LogP contribution in [0.25, 0.3) is 0 Å². The van der Waals surface area contributed by atoms with Crippen molar-refractivity contribution >= 4 is 17.5 Å².